The van der Waals surface area contributed by atoms with Gasteiger partial charge in [-0.05, 0) is 6.92 Å². The SMILES string of the molecule is CC(NS(=O)(=O)c1c(F)cc(F)cc1F)C(N)=S. The minimum atomic E-state index is -4.52. The van der Waals surface area contributed by atoms with E-state index in [0.717, 1.165) is 0 Å². The van der Waals surface area contributed by atoms with Crippen molar-refractivity contribution >= 4 is 27.2 Å². The van der Waals surface area contributed by atoms with Crippen LogP contribution in [0.25, 0.3) is 0 Å². The molecule has 1 unspecified atom stereocenters. The molecule has 4 nitrogen and oxygen atoms in total. The average Bonchev–Trinajstić information content (AvgIpc) is 2.13. The molecule has 0 aliphatic carbocycles. The van der Waals surface area contributed by atoms with Crippen LogP contribution >= 0.6 is 12.2 Å². The molecule has 0 aromatic heterocycles. The third-order valence-corrected chi connectivity index (χ3v) is 3.94. The molecule has 100 valence electrons. The molecule has 1 rings (SSSR count). The molecule has 18 heavy (non-hydrogen) atoms. The van der Waals surface area contributed by atoms with E-state index in [4.69, 9.17) is 5.73 Å². The largest absolute Gasteiger partial charge is 0.392 e. The summed E-state index contributed by atoms with van der Waals surface area (Å²) in [7, 11) is -4.52. The van der Waals surface area contributed by atoms with Gasteiger partial charge in [-0.3, -0.25) is 0 Å². The highest BCUT2D eigenvalue weighted by atomic mass is 32.2. The first kappa shape index (κ1) is 14.9. The molecule has 1 aromatic carbocycles. The van der Waals surface area contributed by atoms with Crippen LogP contribution in [0.2, 0.25) is 0 Å². The number of hydrogen-bond acceptors (Lipinski definition) is 3. The highest BCUT2D eigenvalue weighted by molar-refractivity contribution is 7.89. The Morgan fingerprint density at radius 2 is 1.78 bits per heavy atom. The Morgan fingerprint density at radius 1 is 1.33 bits per heavy atom. The number of benzene rings is 1. The van der Waals surface area contributed by atoms with Crippen LogP contribution in [0.15, 0.2) is 17.0 Å². The molecule has 0 saturated carbocycles. The number of halogens is 3. The van der Waals surface area contributed by atoms with Gasteiger partial charge in [0, 0.05) is 12.1 Å². The van der Waals surface area contributed by atoms with Gasteiger partial charge in [-0.15, -0.1) is 0 Å². The third-order valence-electron chi connectivity index (χ3n) is 1.99. The van der Waals surface area contributed by atoms with Crippen molar-refractivity contribution in [2.75, 3.05) is 0 Å². The van der Waals surface area contributed by atoms with Crippen LogP contribution in [-0.2, 0) is 10.0 Å². The summed E-state index contributed by atoms with van der Waals surface area (Å²) in [5.74, 6) is -4.28. The Labute approximate surface area is 107 Å². The fraction of sp³-hybridized carbons (Fsp3) is 0.222. The number of hydrogen-bond donors (Lipinski definition) is 2. The van der Waals surface area contributed by atoms with Gasteiger partial charge < -0.3 is 5.73 Å². The maximum absolute atomic E-state index is 13.3. The number of nitrogens with two attached hydrogens (primary N) is 1. The van der Waals surface area contributed by atoms with Gasteiger partial charge in [-0.25, -0.2) is 26.3 Å². The molecule has 0 aliphatic heterocycles. The fourth-order valence-electron chi connectivity index (χ4n) is 1.14. The van der Waals surface area contributed by atoms with E-state index in [-0.39, 0.29) is 17.1 Å². The second-order valence-corrected chi connectivity index (χ2v) is 5.57. The molecule has 1 aromatic rings. The molecule has 0 fully saturated rings. The zero-order valence-corrected chi connectivity index (χ0v) is 10.7. The predicted octanol–water partition coefficient (Wildman–Crippen LogP) is 1.06. The van der Waals surface area contributed by atoms with E-state index in [1.807, 2.05) is 4.72 Å². The topological polar surface area (TPSA) is 72.2 Å². The second-order valence-electron chi connectivity index (χ2n) is 3.44. The van der Waals surface area contributed by atoms with E-state index in [2.05, 4.69) is 12.2 Å². The van der Waals surface area contributed by atoms with Crippen molar-refractivity contribution in [1.29, 1.82) is 0 Å². The van der Waals surface area contributed by atoms with Crippen LogP contribution in [0, 0.1) is 17.5 Å². The molecule has 9 heteroatoms. The maximum atomic E-state index is 13.3. The smallest absolute Gasteiger partial charge is 0.247 e. The third kappa shape index (κ3) is 3.18. The molecule has 3 N–H and O–H groups in total. The Hall–Kier alpha value is -1.19. The molecular formula is C9H9F3N2O2S2. The monoisotopic (exact) mass is 298 g/mol. The molecule has 1 atom stereocenters. The van der Waals surface area contributed by atoms with Crippen molar-refractivity contribution in [3.05, 3.63) is 29.6 Å². The van der Waals surface area contributed by atoms with Crippen LogP contribution in [0.5, 0.6) is 0 Å². The van der Waals surface area contributed by atoms with Gasteiger partial charge >= 0.3 is 0 Å². The molecule has 0 saturated heterocycles. The van der Waals surface area contributed by atoms with Crippen molar-refractivity contribution in [2.24, 2.45) is 5.73 Å². The predicted molar refractivity (Wildman–Crippen MR) is 62.9 cm³/mol. The van der Waals surface area contributed by atoms with Crippen LogP contribution in [0.1, 0.15) is 6.92 Å². The highest BCUT2D eigenvalue weighted by Crippen LogP contribution is 2.20. The Balaban J connectivity index is 3.25. The van der Waals surface area contributed by atoms with Crippen molar-refractivity contribution in [3.8, 4) is 0 Å². The van der Waals surface area contributed by atoms with Crippen molar-refractivity contribution in [2.45, 2.75) is 17.9 Å². The van der Waals surface area contributed by atoms with Gasteiger partial charge in [0.15, 0.2) is 4.90 Å². The molecular weight excluding hydrogens is 289 g/mol. The lowest BCUT2D eigenvalue weighted by atomic mass is 10.3. The number of rotatable bonds is 4. The molecule has 0 bridgehead atoms. The van der Waals surface area contributed by atoms with E-state index in [9.17, 15) is 21.6 Å². The summed E-state index contributed by atoms with van der Waals surface area (Å²) in [6.45, 7) is 1.30. The van der Waals surface area contributed by atoms with Gasteiger partial charge in [0.05, 0.1) is 11.0 Å². The summed E-state index contributed by atoms with van der Waals surface area (Å²) < 4.78 is 64.5. The first-order valence-corrected chi connectivity index (χ1v) is 6.50. The quantitative estimate of drug-likeness (QED) is 0.815. The Morgan fingerprint density at radius 3 is 2.17 bits per heavy atom. The van der Waals surface area contributed by atoms with Gasteiger partial charge in [-0.2, -0.15) is 0 Å². The van der Waals surface area contributed by atoms with Crippen LogP contribution in [-0.4, -0.2) is 19.4 Å². The number of nitrogens with one attached hydrogen (secondary N) is 1. The first-order valence-electron chi connectivity index (χ1n) is 4.61. The van der Waals surface area contributed by atoms with Crippen molar-refractivity contribution in [3.63, 3.8) is 0 Å². The number of thiocarbonyl (C=S) groups is 1. The standard InChI is InChI=1S/C9H9F3N2O2S2/c1-4(9(13)17)14-18(15,16)8-6(11)2-5(10)3-7(8)12/h2-4,14H,1H3,(H2,13,17). The zero-order valence-electron chi connectivity index (χ0n) is 9.08. The fourth-order valence-corrected chi connectivity index (χ4v) is 2.61. The molecule has 0 radical (unpaired) electrons. The van der Waals surface area contributed by atoms with Gasteiger partial charge in [0.2, 0.25) is 10.0 Å². The lowest BCUT2D eigenvalue weighted by molar-refractivity contribution is 0.493. The minimum absolute atomic E-state index is 0.193. The lowest BCUT2D eigenvalue weighted by Gasteiger charge is -2.13. The van der Waals surface area contributed by atoms with Gasteiger partial charge in [0.1, 0.15) is 17.5 Å². The maximum Gasteiger partial charge on any atom is 0.247 e. The average molecular weight is 298 g/mol. The highest BCUT2D eigenvalue weighted by Gasteiger charge is 2.27. The summed E-state index contributed by atoms with van der Waals surface area (Å²) in [4.78, 5) is -1.46. The molecule has 0 aliphatic rings. The van der Waals surface area contributed by atoms with Crippen molar-refractivity contribution < 1.29 is 21.6 Å². The van der Waals surface area contributed by atoms with E-state index < -0.39 is 38.4 Å². The van der Waals surface area contributed by atoms with Gasteiger partial charge in [-0.1, -0.05) is 12.2 Å². The molecule has 0 amide bonds. The zero-order chi connectivity index (χ0) is 14.1. The van der Waals surface area contributed by atoms with Crippen LogP contribution < -0.4 is 10.5 Å². The van der Waals surface area contributed by atoms with E-state index in [0.29, 0.717) is 0 Å². The second kappa shape index (κ2) is 5.21. The summed E-state index contributed by atoms with van der Waals surface area (Å²) >= 11 is 4.53. The first-order chi connectivity index (χ1) is 8.15. The lowest BCUT2D eigenvalue weighted by Crippen LogP contribution is -2.41. The molecule has 0 heterocycles. The Bertz CT molecular complexity index is 566. The molecule has 0 spiro atoms. The Kier molecular flexibility index (Phi) is 4.30. The van der Waals surface area contributed by atoms with E-state index >= 15 is 0 Å². The van der Waals surface area contributed by atoms with Crippen LogP contribution in [0.4, 0.5) is 13.2 Å². The minimum Gasteiger partial charge on any atom is -0.392 e. The van der Waals surface area contributed by atoms with Gasteiger partial charge in [0.25, 0.3) is 0 Å². The summed E-state index contributed by atoms with van der Waals surface area (Å²) in [5.41, 5.74) is 5.18. The van der Waals surface area contributed by atoms with E-state index in [1.165, 1.54) is 6.92 Å². The van der Waals surface area contributed by atoms with E-state index in [1.54, 1.807) is 0 Å². The van der Waals surface area contributed by atoms with Crippen molar-refractivity contribution in [1.82, 2.24) is 4.72 Å². The van der Waals surface area contributed by atoms with Crippen LogP contribution in [0.3, 0.4) is 0 Å². The summed E-state index contributed by atoms with van der Waals surface area (Å²) in [6, 6.07) is -0.458. The normalized spacial score (nSPS) is 13.3. The summed E-state index contributed by atoms with van der Waals surface area (Å²) in [6.07, 6.45) is 0. The number of sulfonamides is 1. The summed E-state index contributed by atoms with van der Waals surface area (Å²) in [5, 5.41) is 0.